The van der Waals surface area contributed by atoms with Crippen LogP contribution in [-0.4, -0.2) is 24.1 Å². The molecule has 0 heterocycles. The van der Waals surface area contributed by atoms with Gasteiger partial charge in [-0.3, -0.25) is 0 Å². The Morgan fingerprint density at radius 3 is 2.71 bits per heavy atom. The van der Waals surface area contributed by atoms with E-state index in [0.717, 1.165) is 24.3 Å². The fourth-order valence-corrected chi connectivity index (χ4v) is 2.56. The van der Waals surface area contributed by atoms with Gasteiger partial charge in [0.1, 0.15) is 0 Å². The Kier molecular flexibility index (Phi) is 6.37. The van der Waals surface area contributed by atoms with Crippen LogP contribution >= 0.6 is 11.8 Å². The molecule has 1 N–H and O–H groups in total. The SMILES string of the molecule is C=CCSCCNC1CCC(C)CC1. The fraction of sp³-hybridized carbons (Fsp3) is 0.833. The second kappa shape index (κ2) is 7.36. The summed E-state index contributed by atoms with van der Waals surface area (Å²) in [4.78, 5) is 0. The monoisotopic (exact) mass is 213 g/mol. The summed E-state index contributed by atoms with van der Waals surface area (Å²) in [5.74, 6) is 3.27. The molecule has 1 aliphatic carbocycles. The summed E-state index contributed by atoms with van der Waals surface area (Å²) in [7, 11) is 0. The summed E-state index contributed by atoms with van der Waals surface area (Å²) < 4.78 is 0. The molecule has 0 aromatic rings. The van der Waals surface area contributed by atoms with E-state index in [1.165, 1.54) is 31.4 Å². The standard InChI is InChI=1S/C12H23NS/c1-3-9-14-10-8-13-12-6-4-11(2)5-7-12/h3,11-13H,1,4-10H2,2H3. The van der Waals surface area contributed by atoms with Crippen LogP contribution in [0, 0.1) is 5.92 Å². The molecule has 1 nitrogen and oxygen atoms in total. The molecule has 14 heavy (non-hydrogen) atoms. The molecule has 1 saturated carbocycles. The molecule has 1 fully saturated rings. The van der Waals surface area contributed by atoms with Crippen LogP contribution in [0.15, 0.2) is 12.7 Å². The molecule has 0 bridgehead atoms. The van der Waals surface area contributed by atoms with Crippen molar-refractivity contribution in [3.8, 4) is 0 Å². The first-order valence-electron chi connectivity index (χ1n) is 5.75. The van der Waals surface area contributed by atoms with Gasteiger partial charge < -0.3 is 5.32 Å². The number of hydrogen-bond acceptors (Lipinski definition) is 2. The van der Waals surface area contributed by atoms with Crippen LogP contribution in [-0.2, 0) is 0 Å². The maximum absolute atomic E-state index is 3.72. The number of thioether (sulfide) groups is 1. The number of rotatable bonds is 6. The van der Waals surface area contributed by atoms with E-state index >= 15 is 0 Å². The van der Waals surface area contributed by atoms with Gasteiger partial charge in [-0.05, 0) is 31.6 Å². The van der Waals surface area contributed by atoms with E-state index in [1.807, 2.05) is 17.8 Å². The summed E-state index contributed by atoms with van der Waals surface area (Å²) >= 11 is 1.96. The summed E-state index contributed by atoms with van der Waals surface area (Å²) in [6, 6.07) is 0.801. The van der Waals surface area contributed by atoms with E-state index in [0.29, 0.717) is 0 Å². The van der Waals surface area contributed by atoms with Crippen molar-refractivity contribution in [3.05, 3.63) is 12.7 Å². The maximum Gasteiger partial charge on any atom is 0.0111 e. The average molecular weight is 213 g/mol. The third kappa shape index (κ3) is 5.06. The Bertz CT molecular complexity index is 150. The topological polar surface area (TPSA) is 12.0 Å². The Labute approximate surface area is 92.7 Å². The number of hydrogen-bond donors (Lipinski definition) is 1. The lowest BCUT2D eigenvalue weighted by Gasteiger charge is -2.26. The van der Waals surface area contributed by atoms with Crippen molar-refractivity contribution in [1.29, 1.82) is 0 Å². The van der Waals surface area contributed by atoms with Gasteiger partial charge in [-0.15, -0.1) is 6.58 Å². The largest absolute Gasteiger partial charge is 0.313 e. The Balaban J connectivity index is 1.93. The van der Waals surface area contributed by atoms with Gasteiger partial charge in [-0.1, -0.05) is 13.0 Å². The normalized spacial score (nSPS) is 27.5. The lowest BCUT2D eigenvalue weighted by molar-refractivity contribution is 0.312. The van der Waals surface area contributed by atoms with E-state index in [4.69, 9.17) is 0 Å². The minimum atomic E-state index is 0.801. The molecule has 1 rings (SSSR count). The van der Waals surface area contributed by atoms with E-state index in [1.54, 1.807) is 0 Å². The van der Waals surface area contributed by atoms with Gasteiger partial charge >= 0.3 is 0 Å². The zero-order chi connectivity index (χ0) is 10.2. The zero-order valence-corrected chi connectivity index (χ0v) is 10.1. The third-order valence-corrected chi connectivity index (χ3v) is 3.90. The molecule has 0 atom stereocenters. The van der Waals surface area contributed by atoms with E-state index in [-0.39, 0.29) is 0 Å². The van der Waals surface area contributed by atoms with Crippen LogP contribution in [0.4, 0.5) is 0 Å². The molecule has 0 aromatic carbocycles. The van der Waals surface area contributed by atoms with E-state index < -0.39 is 0 Å². The molecule has 82 valence electrons. The third-order valence-electron chi connectivity index (χ3n) is 2.93. The molecular formula is C12H23NS. The molecule has 0 amide bonds. The van der Waals surface area contributed by atoms with Gasteiger partial charge in [-0.25, -0.2) is 0 Å². The fourth-order valence-electron chi connectivity index (χ4n) is 1.97. The highest BCUT2D eigenvalue weighted by molar-refractivity contribution is 7.99. The lowest BCUT2D eigenvalue weighted by atomic mass is 9.87. The van der Waals surface area contributed by atoms with Crippen LogP contribution < -0.4 is 5.32 Å². The first kappa shape index (κ1) is 12.1. The molecule has 2 heteroatoms. The van der Waals surface area contributed by atoms with Crippen molar-refractivity contribution < 1.29 is 0 Å². The second-order valence-electron chi connectivity index (χ2n) is 4.27. The summed E-state index contributed by atoms with van der Waals surface area (Å²) in [6.45, 7) is 7.25. The predicted molar refractivity (Wildman–Crippen MR) is 66.9 cm³/mol. The van der Waals surface area contributed by atoms with Crippen molar-refractivity contribution in [2.75, 3.05) is 18.1 Å². The van der Waals surface area contributed by atoms with Gasteiger partial charge in [-0.2, -0.15) is 11.8 Å². The van der Waals surface area contributed by atoms with Gasteiger partial charge in [0.05, 0.1) is 0 Å². The van der Waals surface area contributed by atoms with Crippen LogP contribution in [0.3, 0.4) is 0 Å². The molecule has 1 aliphatic rings. The van der Waals surface area contributed by atoms with E-state index in [9.17, 15) is 0 Å². The molecular weight excluding hydrogens is 190 g/mol. The molecule has 0 saturated heterocycles. The maximum atomic E-state index is 3.72. The Morgan fingerprint density at radius 2 is 2.07 bits per heavy atom. The highest BCUT2D eigenvalue weighted by Crippen LogP contribution is 2.23. The highest BCUT2D eigenvalue weighted by Gasteiger charge is 2.16. The van der Waals surface area contributed by atoms with Crippen molar-refractivity contribution >= 4 is 11.8 Å². The molecule has 0 aliphatic heterocycles. The zero-order valence-electron chi connectivity index (χ0n) is 9.30. The molecule has 0 unspecified atom stereocenters. The van der Waals surface area contributed by atoms with Crippen LogP contribution in [0.1, 0.15) is 32.6 Å². The second-order valence-corrected chi connectivity index (χ2v) is 5.42. The smallest absolute Gasteiger partial charge is 0.0111 e. The average Bonchev–Trinajstić information content (AvgIpc) is 2.21. The highest BCUT2D eigenvalue weighted by atomic mass is 32.2. The predicted octanol–water partition coefficient (Wildman–Crippen LogP) is 3.07. The summed E-state index contributed by atoms with van der Waals surface area (Å²) in [5, 5.41) is 3.65. The quantitative estimate of drug-likeness (QED) is 0.537. The number of nitrogens with one attached hydrogen (secondary N) is 1. The Morgan fingerprint density at radius 1 is 1.36 bits per heavy atom. The van der Waals surface area contributed by atoms with Gasteiger partial charge in [0.2, 0.25) is 0 Å². The van der Waals surface area contributed by atoms with Crippen LogP contribution in [0.5, 0.6) is 0 Å². The lowest BCUT2D eigenvalue weighted by Crippen LogP contribution is -2.34. The molecule has 0 radical (unpaired) electrons. The minimum absolute atomic E-state index is 0.801. The van der Waals surface area contributed by atoms with Gasteiger partial charge in [0.15, 0.2) is 0 Å². The van der Waals surface area contributed by atoms with Crippen molar-refractivity contribution in [3.63, 3.8) is 0 Å². The van der Waals surface area contributed by atoms with Crippen molar-refractivity contribution in [1.82, 2.24) is 5.32 Å². The minimum Gasteiger partial charge on any atom is -0.313 e. The van der Waals surface area contributed by atoms with Crippen molar-refractivity contribution in [2.45, 2.75) is 38.6 Å². The Hall–Kier alpha value is 0.0500. The summed E-state index contributed by atoms with van der Waals surface area (Å²) in [5.41, 5.74) is 0. The first-order chi connectivity index (χ1) is 6.83. The van der Waals surface area contributed by atoms with Gasteiger partial charge in [0, 0.05) is 24.1 Å². The summed E-state index contributed by atoms with van der Waals surface area (Å²) in [6.07, 6.45) is 7.57. The molecule has 0 aromatic heterocycles. The van der Waals surface area contributed by atoms with Crippen molar-refractivity contribution in [2.24, 2.45) is 5.92 Å². The van der Waals surface area contributed by atoms with Crippen LogP contribution in [0.2, 0.25) is 0 Å². The van der Waals surface area contributed by atoms with Gasteiger partial charge in [0.25, 0.3) is 0 Å². The van der Waals surface area contributed by atoms with Crippen LogP contribution in [0.25, 0.3) is 0 Å². The first-order valence-corrected chi connectivity index (χ1v) is 6.90. The molecule has 0 spiro atoms. The van der Waals surface area contributed by atoms with E-state index in [2.05, 4.69) is 18.8 Å².